The maximum Gasteiger partial charge on any atom is 0.243 e. The second kappa shape index (κ2) is 49.2. The van der Waals surface area contributed by atoms with Crippen molar-refractivity contribution in [3.8, 4) is 0 Å². The molecule has 17 atom stereocenters. The van der Waals surface area contributed by atoms with Gasteiger partial charge in [0.1, 0.15) is 85.1 Å². The van der Waals surface area contributed by atoms with Gasteiger partial charge in [-0.05, 0) is 89.9 Å². The molecule has 3 aliphatic rings. The highest BCUT2D eigenvalue weighted by Crippen LogP contribution is 2.26. The number of ether oxygens (including phenoxy) is 7. The predicted octanol–water partition coefficient (Wildman–Crippen LogP) is -4.47. The van der Waals surface area contributed by atoms with Gasteiger partial charge in [-0.2, -0.15) is 0 Å². The number of rotatable bonds is 50. The number of aliphatic hydroxyl groups excluding tert-OH is 9. The van der Waals surface area contributed by atoms with E-state index < -0.39 is 159 Å². The maximum atomic E-state index is 14.3. The molecule has 0 aliphatic carbocycles. The van der Waals surface area contributed by atoms with Crippen LogP contribution in [0.3, 0.4) is 0 Å². The zero-order valence-electron chi connectivity index (χ0n) is 56.7. The van der Waals surface area contributed by atoms with Crippen LogP contribution in [0.4, 0.5) is 0 Å². The average molecular weight is 1400 g/mol. The van der Waals surface area contributed by atoms with Crippen LogP contribution < -0.4 is 47.9 Å². The zero-order chi connectivity index (χ0) is 71.7. The highest BCUT2D eigenvalue weighted by atomic mass is 16.7. The van der Waals surface area contributed by atoms with Gasteiger partial charge in [0.15, 0.2) is 18.9 Å². The number of hydrogen-bond acceptors (Lipinski definition) is 25. The van der Waals surface area contributed by atoms with Gasteiger partial charge in [-0.1, -0.05) is 25.7 Å². The molecule has 34 nitrogen and oxygen atoms in total. The summed E-state index contributed by atoms with van der Waals surface area (Å²) in [5.74, 6) is -3.61. The van der Waals surface area contributed by atoms with E-state index in [1.165, 1.54) is 27.9 Å². The second-order valence-electron chi connectivity index (χ2n) is 24.7. The first-order valence-electron chi connectivity index (χ1n) is 34.2. The van der Waals surface area contributed by atoms with Crippen molar-refractivity contribution in [2.24, 2.45) is 0 Å². The lowest BCUT2D eigenvalue weighted by atomic mass is 9.97. The first-order valence-corrected chi connectivity index (χ1v) is 34.2. The minimum absolute atomic E-state index is 0.0117. The fourth-order valence-corrected chi connectivity index (χ4v) is 11.1. The molecule has 18 N–H and O–H groups in total. The molecular weight excluding hydrogens is 1280 g/mol. The van der Waals surface area contributed by atoms with Crippen molar-refractivity contribution in [2.45, 2.75) is 266 Å². The summed E-state index contributed by atoms with van der Waals surface area (Å²) in [6, 6.07) is -5.46. The molecule has 0 aromatic heterocycles. The van der Waals surface area contributed by atoms with Crippen molar-refractivity contribution >= 4 is 53.2 Å². The third-order valence-corrected chi connectivity index (χ3v) is 16.5. The fourth-order valence-electron chi connectivity index (χ4n) is 11.1. The summed E-state index contributed by atoms with van der Waals surface area (Å²) in [5, 5.41) is 116. The van der Waals surface area contributed by atoms with Crippen molar-refractivity contribution in [3.05, 3.63) is 0 Å². The van der Waals surface area contributed by atoms with Crippen molar-refractivity contribution in [2.75, 3.05) is 79.5 Å². The molecule has 0 aromatic rings. The predicted molar refractivity (Wildman–Crippen MR) is 343 cm³/mol. The van der Waals surface area contributed by atoms with Crippen LogP contribution in [0.1, 0.15) is 162 Å². The molecule has 3 aliphatic heterocycles. The average Bonchev–Trinajstić information content (AvgIpc) is 0.834. The minimum atomic E-state index is -1.49. The van der Waals surface area contributed by atoms with E-state index in [2.05, 4.69) is 47.9 Å². The molecule has 9 amide bonds. The maximum absolute atomic E-state index is 14.3. The third kappa shape index (κ3) is 33.5. The van der Waals surface area contributed by atoms with Crippen molar-refractivity contribution in [1.29, 1.82) is 0 Å². The monoisotopic (exact) mass is 1400 g/mol. The van der Waals surface area contributed by atoms with E-state index >= 15 is 0 Å². The first kappa shape index (κ1) is 85.8. The molecule has 0 bridgehead atoms. The van der Waals surface area contributed by atoms with Crippen molar-refractivity contribution in [1.82, 2.24) is 47.9 Å². The minimum Gasteiger partial charge on any atom is -0.394 e. The van der Waals surface area contributed by atoms with Crippen LogP contribution in [0.2, 0.25) is 0 Å². The Bertz CT molecular complexity index is 2320. The van der Waals surface area contributed by atoms with Crippen LogP contribution in [-0.4, -0.2) is 283 Å². The molecule has 3 saturated heterocycles. The first-order chi connectivity index (χ1) is 46.5. The lowest BCUT2D eigenvalue weighted by Crippen LogP contribution is -2.64. The number of unbranched alkanes of at least 4 members (excludes halogenated alkanes) is 10. The fraction of sp³-hybridized carbons (Fsp3) is 0.857. The number of hydrogen-bond donors (Lipinski definition) is 18. The van der Waals surface area contributed by atoms with Crippen LogP contribution in [-0.2, 0) is 76.3 Å². The van der Waals surface area contributed by atoms with E-state index in [0.29, 0.717) is 116 Å². The van der Waals surface area contributed by atoms with Gasteiger partial charge in [0.05, 0.1) is 26.4 Å². The molecule has 34 heteroatoms. The summed E-state index contributed by atoms with van der Waals surface area (Å²) in [6.07, 6.45) is -7.12. The normalized spacial score (nSPS) is 26.1. The Kier molecular flexibility index (Phi) is 43.5. The smallest absolute Gasteiger partial charge is 0.243 e. The standard InChI is InChI=1S/C63H113N9O25/c1-38(76)68-50-56(86)53(83)43(35-73)95-61(50)92-31-18-6-10-24-46(79)64-27-16-13-21-41(59(89)67-29-15-5-9-23-48(81)66-30-34-91-4)72-60(90)42(71-49(82)26-12-8-20-33-94-63-52(70-40(3)78)58(88)55(85)45(37-75)97-63)22-14-17-28-65-47(80)25-11-7-19-32-93-62-51(69-39(2)77)57(87)54(84)44(36-74)96-62/h41-45,50-58,61-63,73-75,83-88H,5-37H2,1-4H3,(H,64,79)(H,65,80)(H,66,81)(H,67,89)(H,68,76)(H,69,77)(H,70,78)(H,71,82)(H,72,90)/t41?,42?,43?,44?,45?,50-,51-,52-,53-,54-,55-,56?,57?,58?,61+,62+,63+/m0/s1. The summed E-state index contributed by atoms with van der Waals surface area (Å²) >= 11 is 0. The van der Waals surface area contributed by atoms with Crippen LogP contribution in [0.25, 0.3) is 0 Å². The van der Waals surface area contributed by atoms with E-state index in [9.17, 15) is 89.1 Å². The number of aliphatic hydroxyl groups is 9. The van der Waals surface area contributed by atoms with Gasteiger partial charge in [-0.3, -0.25) is 43.2 Å². The van der Waals surface area contributed by atoms with Gasteiger partial charge < -0.3 is 127 Å². The molecule has 8 unspecified atom stereocenters. The Morgan fingerprint density at radius 1 is 0.361 bits per heavy atom. The summed E-state index contributed by atoms with van der Waals surface area (Å²) in [5.41, 5.74) is 0. The molecule has 560 valence electrons. The Balaban J connectivity index is 1.60. The SMILES string of the molecule is COCCNC(=O)CCCCCNC(=O)C(CCCCNC(=O)CCCCCO[C@@H]1OC(CO)[C@H](O)C(O)[C@@H]1NC(C)=O)NC(=O)C(CCCCNC(=O)CCCCCO[C@@H]1OC(CO)[C@H](O)C(O)[C@@H]1NC(C)=O)NC(=O)CCCCCO[C@@H]1OC(CO)[C@H](O)C(O)[C@@H]1NC(C)=O. The number of carbonyl (C=O) groups is 9. The third-order valence-electron chi connectivity index (χ3n) is 16.5. The largest absolute Gasteiger partial charge is 0.394 e. The van der Waals surface area contributed by atoms with E-state index in [4.69, 9.17) is 33.2 Å². The molecule has 0 radical (unpaired) electrons. The summed E-state index contributed by atoms with van der Waals surface area (Å²) in [7, 11) is 1.53. The van der Waals surface area contributed by atoms with E-state index in [-0.39, 0.29) is 95.7 Å². The van der Waals surface area contributed by atoms with Crippen LogP contribution in [0.15, 0.2) is 0 Å². The van der Waals surface area contributed by atoms with Gasteiger partial charge >= 0.3 is 0 Å². The van der Waals surface area contributed by atoms with Crippen molar-refractivity contribution in [3.63, 3.8) is 0 Å². The Morgan fingerprint density at radius 2 is 0.680 bits per heavy atom. The van der Waals surface area contributed by atoms with E-state index in [1.54, 1.807) is 0 Å². The molecule has 0 aromatic carbocycles. The lowest BCUT2D eigenvalue weighted by Gasteiger charge is -2.42. The molecule has 3 heterocycles. The molecular formula is C63H113N9O25. The highest BCUT2D eigenvalue weighted by molar-refractivity contribution is 5.92. The van der Waals surface area contributed by atoms with E-state index in [0.717, 1.165) is 0 Å². The molecule has 3 fully saturated rings. The van der Waals surface area contributed by atoms with Crippen molar-refractivity contribution < 1.29 is 122 Å². The van der Waals surface area contributed by atoms with Gasteiger partial charge in [-0.15, -0.1) is 0 Å². The summed E-state index contributed by atoms with van der Waals surface area (Å²) in [4.78, 5) is 115. The molecule has 0 spiro atoms. The Morgan fingerprint density at radius 3 is 1.03 bits per heavy atom. The molecule has 97 heavy (non-hydrogen) atoms. The van der Waals surface area contributed by atoms with Gasteiger partial charge in [0.2, 0.25) is 53.2 Å². The van der Waals surface area contributed by atoms with E-state index in [1.807, 2.05) is 0 Å². The Hall–Kier alpha value is -5.41. The second-order valence-corrected chi connectivity index (χ2v) is 24.7. The number of amides is 9. The topological polar surface area (TPSA) is 509 Å². The summed E-state index contributed by atoms with van der Waals surface area (Å²) < 4.78 is 39.1. The summed E-state index contributed by atoms with van der Waals surface area (Å²) in [6.45, 7) is 3.74. The quantitative estimate of drug-likeness (QED) is 0.0255. The van der Waals surface area contributed by atoms with Gasteiger partial charge in [0.25, 0.3) is 0 Å². The Labute approximate surface area is 567 Å². The van der Waals surface area contributed by atoms with Gasteiger partial charge in [-0.25, -0.2) is 0 Å². The van der Waals surface area contributed by atoms with Crippen LogP contribution >= 0.6 is 0 Å². The van der Waals surface area contributed by atoms with Crippen LogP contribution in [0, 0.1) is 0 Å². The zero-order valence-corrected chi connectivity index (χ0v) is 56.7. The van der Waals surface area contributed by atoms with Gasteiger partial charge in [0, 0.05) is 99.6 Å². The molecule has 3 rings (SSSR count). The highest BCUT2D eigenvalue weighted by Gasteiger charge is 2.48. The number of carbonyl (C=O) groups excluding carboxylic acids is 9. The lowest BCUT2D eigenvalue weighted by molar-refractivity contribution is -0.270. The number of methoxy groups -OCH3 is 1. The number of nitrogens with one attached hydrogen (secondary N) is 9. The molecule has 0 saturated carbocycles. The van der Waals surface area contributed by atoms with Crippen LogP contribution in [0.5, 0.6) is 0 Å².